The Morgan fingerprint density at radius 1 is 1.38 bits per heavy atom. The van der Waals surface area contributed by atoms with Crippen LogP contribution in [0.5, 0.6) is 0 Å². The van der Waals surface area contributed by atoms with Gasteiger partial charge in [0.2, 0.25) is 0 Å². The van der Waals surface area contributed by atoms with Crippen molar-refractivity contribution < 1.29 is 30.1 Å². The summed E-state index contributed by atoms with van der Waals surface area (Å²) in [4.78, 5) is 13.6. The number of hydrogen-bond donors (Lipinski definition) is 0. The van der Waals surface area contributed by atoms with E-state index in [4.69, 9.17) is 6.64 Å². The molecule has 0 spiro atoms. The first-order chi connectivity index (χ1) is 6.24. The number of isocyanates is 1. The predicted octanol–water partition coefficient (Wildman–Crippen LogP) is 1.65. The Morgan fingerprint density at radius 3 is 2.31 bits per heavy atom. The molecule has 1 unspecified atom stereocenters. The average Bonchev–Trinajstić information content (AvgIpc) is 2.05. The second-order valence-electron chi connectivity index (χ2n) is 2.51. The molecular weight excluding hydrogens is 206 g/mol. The first-order valence-corrected chi connectivity index (χ1v) is 6.80. The number of carbonyl (C=O) groups excluding carboxylic acids is 1. The van der Waals surface area contributed by atoms with Gasteiger partial charge in [-0.2, -0.15) is 0 Å². The summed E-state index contributed by atoms with van der Waals surface area (Å²) in [6.45, 7) is 7.11. The number of hydrogen-bond acceptors (Lipinski definition) is 4. The molecule has 0 saturated carbocycles. The van der Waals surface area contributed by atoms with Crippen molar-refractivity contribution in [1.29, 1.82) is 0 Å². The molecule has 0 rings (SSSR count). The van der Waals surface area contributed by atoms with Crippen LogP contribution in [0.2, 0.25) is 4.73 Å². The summed E-state index contributed by atoms with van der Waals surface area (Å²) in [6.07, 6.45) is 1.55. The molecule has 0 aliphatic heterocycles. The van der Waals surface area contributed by atoms with E-state index in [1.165, 1.54) is 0 Å². The molecular formula is C8H16NO3Ti. The van der Waals surface area contributed by atoms with Gasteiger partial charge < -0.3 is 0 Å². The van der Waals surface area contributed by atoms with Crippen LogP contribution in [-0.2, 0) is 30.1 Å². The van der Waals surface area contributed by atoms with Crippen molar-refractivity contribution in [3.05, 3.63) is 0 Å². The van der Waals surface area contributed by atoms with Crippen LogP contribution in [0.4, 0.5) is 0 Å². The molecule has 1 atom stereocenters. The fourth-order valence-corrected chi connectivity index (χ4v) is 3.26. The molecule has 0 N–H and O–H groups in total. The second-order valence-corrected chi connectivity index (χ2v) is 5.21. The topological polar surface area (TPSA) is 47.9 Å². The molecule has 0 aliphatic carbocycles. The van der Waals surface area contributed by atoms with E-state index in [0.717, 1.165) is 4.73 Å². The van der Waals surface area contributed by atoms with Gasteiger partial charge in [-0.3, -0.25) is 0 Å². The van der Waals surface area contributed by atoms with Crippen LogP contribution >= 0.6 is 0 Å². The van der Waals surface area contributed by atoms with Crippen LogP contribution in [-0.4, -0.2) is 25.3 Å². The fourth-order valence-electron chi connectivity index (χ4n) is 0.858. The third-order valence-corrected chi connectivity index (χ3v) is 4.70. The summed E-state index contributed by atoms with van der Waals surface area (Å²) in [5.74, 6) is 0. The van der Waals surface area contributed by atoms with E-state index in [2.05, 4.69) is 4.99 Å². The maximum atomic E-state index is 9.96. The quantitative estimate of drug-likeness (QED) is 0.374. The molecule has 0 aromatic carbocycles. The van der Waals surface area contributed by atoms with E-state index < -0.39 is 18.6 Å². The van der Waals surface area contributed by atoms with Gasteiger partial charge in [-0.05, 0) is 0 Å². The SMILES string of the molecule is CC[O][Ti]([CH2]C(C)N=C=O)[O]CC. The zero-order chi connectivity index (χ0) is 10.1. The van der Waals surface area contributed by atoms with Gasteiger partial charge in [-0.1, -0.05) is 0 Å². The van der Waals surface area contributed by atoms with Crippen LogP contribution in [0.25, 0.3) is 0 Å². The standard InChI is InChI=1S/C4H6NO.2C2H5O.Ti/c1-4(2)5-3-6;2*1-2-3;/h4H,1H2,2H3;2*2H2,1H3;/q;2*-1;+2. The molecule has 0 aliphatic rings. The van der Waals surface area contributed by atoms with E-state index >= 15 is 0 Å². The maximum absolute atomic E-state index is 9.96. The van der Waals surface area contributed by atoms with Gasteiger partial charge in [0.25, 0.3) is 0 Å². The van der Waals surface area contributed by atoms with Crippen molar-refractivity contribution in [3.8, 4) is 0 Å². The van der Waals surface area contributed by atoms with Crippen molar-refractivity contribution in [2.45, 2.75) is 31.5 Å². The minimum atomic E-state index is -1.86. The Bertz CT molecular complexity index is 165. The second kappa shape index (κ2) is 8.61. The molecule has 0 fully saturated rings. The predicted molar refractivity (Wildman–Crippen MR) is 45.6 cm³/mol. The van der Waals surface area contributed by atoms with E-state index in [1.807, 2.05) is 20.8 Å². The Morgan fingerprint density at radius 2 is 1.92 bits per heavy atom. The van der Waals surface area contributed by atoms with Crippen molar-refractivity contribution >= 4 is 6.08 Å². The van der Waals surface area contributed by atoms with E-state index in [1.54, 1.807) is 6.08 Å². The molecule has 0 bridgehead atoms. The van der Waals surface area contributed by atoms with E-state index in [-0.39, 0.29) is 6.04 Å². The van der Waals surface area contributed by atoms with Gasteiger partial charge in [0.15, 0.2) is 0 Å². The third-order valence-electron chi connectivity index (χ3n) is 1.35. The van der Waals surface area contributed by atoms with Gasteiger partial charge in [-0.15, -0.1) is 0 Å². The monoisotopic (exact) mass is 222 g/mol. The van der Waals surface area contributed by atoms with Crippen LogP contribution in [0.1, 0.15) is 20.8 Å². The van der Waals surface area contributed by atoms with E-state index in [9.17, 15) is 4.79 Å². The summed E-state index contributed by atoms with van der Waals surface area (Å²) in [7, 11) is 0. The molecule has 0 aromatic heterocycles. The molecule has 75 valence electrons. The molecule has 0 amide bonds. The van der Waals surface area contributed by atoms with Gasteiger partial charge >= 0.3 is 85.9 Å². The Kier molecular flexibility index (Phi) is 8.61. The van der Waals surface area contributed by atoms with Crippen LogP contribution in [0.15, 0.2) is 4.99 Å². The summed E-state index contributed by atoms with van der Waals surface area (Å²) in [5, 5.41) is 0. The molecule has 0 heterocycles. The van der Waals surface area contributed by atoms with Crippen LogP contribution in [0, 0.1) is 0 Å². The molecule has 0 saturated heterocycles. The molecule has 0 aromatic rings. The summed E-state index contributed by atoms with van der Waals surface area (Å²) >= 11 is -1.86. The van der Waals surface area contributed by atoms with Crippen molar-refractivity contribution in [1.82, 2.24) is 0 Å². The number of nitrogens with zero attached hydrogens (tertiary/aromatic N) is 1. The van der Waals surface area contributed by atoms with Crippen molar-refractivity contribution in [2.75, 3.05) is 13.2 Å². The zero-order valence-corrected chi connectivity index (χ0v) is 9.93. The molecule has 5 heteroatoms. The summed E-state index contributed by atoms with van der Waals surface area (Å²) in [6, 6.07) is -0.0226. The van der Waals surface area contributed by atoms with Crippen molar-refractivity contribution in [2.24, 2.45) is 4.99 Å². The third kappa shape index (κ3) is 7.11. The minimum absolute atomic E-state index is 0.0226. The Balaban J connectivity index is 3.84. The summed E-state index contributed by atoms with van der Waals surface area (Å²) in [5.41, 5.74) is 0. The Labute approximate surface area is 86.1 Å². The van der Waals surface area contributed by atoms with Gasteiger partial charge in [0.1, 0.15) is 0 Å². The molecule has 13 heavy (non-hydrogen) atoms. The Hall–Kier alpha value is 0.0143. The average molecular weight is 222 g/mol. The first kappa shape index (κ1) is 13.0. The molecule has 4 nitrogen and oxygen atoms in total. The molecule has 0 radical (unpaired) electrons. The van der Waals surface area contributed by atoms with Gasteiger partial charge in [0, 0.05) is 0 Å². The van der Waals surface area contributed by atoms with Gasteiger partial charge in [-0.25, -0.2) is 0 Å². The van der Waals surface area contributed by atoms with Crippen LogP contribution < -0.4 is 0 Å². The first-order valence-electron chi connectivity index (χ1n) is 4.42. The van der Waals surface area contributed by atoms with Crippen molar-refractivity contribution in [3.63, 3.8) is 0 Å². The fraction of sp³-hybridized carbons (Fsp3) is 0.875. The number of aliphatic imine (C=N–C) groups is 1. The number of rotatable bonds is 7. The zero-order valence-electron chi connectivity index (χ0n) is 8.37. The summed E-state index contributed by atoms with van der Waals surface area (Å²) < 4.78 is 11.7. The van der Waals surface area contributed by atoms with Crippen LogP contribution in [0.3, 0.4) is 0 Å². The van der Waals surface area contributed by atoms with Gasteiger partial charge in [0.05, 0.1) is 0 Å². The normalized spacial score (nSPS) is 11.9. The van der Waals surface area contributed by atoms with E-state index in [0.29, 0.717) is 13.2 Å².